The van der Waals surface area contributed by atoms with Gasteiger partial charge in [-0.2, -0.15) is 5.10 Å². The van der Waals surface area contributed by atoms with Crippen molar-refractivity contribution in [2.24, 2.45) is 0 Å². The van der Waals surface area contributed by atoms with Crippen LogP contribution in [0.25, 0.3) is 0 Å². The normalized spacial score (nSPS) is 12.9. The van der Waals surface area contributed by atoms with E-state index in [4.69, 9.17) is 12.2 Å². The van der Waals surface area contributed by atoms with Crippen molar-refractivity contribution in [2.45, 2.75) is 19.5 Å². The van der Waals surface area contributed by atoms with Crippen LogP contribution < -0.4 is 0 Å². The Kier molecular flexibility index (Phi) is 3.93. The van der Waals surface area contributed by atoms with Gasteiger partial charge in [0.15, 0.2) is 4.77 Å². The molecule has 1 N–H and O–H groups in total. The fraction of sp³-hybridized carbons (Fsp3) is 0.385. The van der Waals surface area contributed by atoms with E-state index in [1.807, 2.05) is 32.3 Å². The van der Waals surface area contributed by atoms with Crippen LogP contribution >= 0.6 is 12.2 Å². The molecule has 96 valence electrons. The molecule has 0 aliphatic heterocycles. The van der Waals surface area contributed by atoms with E-state index in [2.05, 4.69) is 38.7 Å². The average molecular weight is 262 g/mol. The minimum atomic E-state index is 0.224. The van der Waals surface area contributed by atoms with Crippen LogP contribution in [0.3, 0.4) is 0 Å². The zero-order chi connectivity index (χ0) is 13.1. The molecule has 0 radical (unpaired) electrons. The van der Waals surface area contributed by atoms with Gasteiger partial charge in [-0.05, 0) is 38.8 Å². The van der Waals surface area contributed by atoms with E-state index in [1.165, 1.54) is 5.56 Å². The standard InChI is InChI=1S/C13H18N4S/c1-10(16(2)3)12-14-15-13(18)17(12)9-11-7-5-4-6-8-11/h4-8,10H,9H2,1-3H3,(H,15,18)/t10-/m1/s1. The first-order valence-corrected chi connectivity index (χ1v) is 6.36. The van der Waals surface area contributed by atoms with E-state index in [-0.39, 0.29) is 6.04 Å². The predicted octanol–water partition coefficient (Wildman–Crippen LogP) is 2.61. The number of rotatable bonds is 4. The number of aromatic amines is 1. The maximum Gasteiger partial charge on any atom is 0.195 e. The van der Waals surface area contributed by atoms with Gasteiger partial charge in [0.1, 0.15) is 5.82 Å². The van der Waals surface area contributed by atoms with Crippen molar-refractivity contribution < 1.29 is 0 Å². The molecule has 1 atom stereocenters. The summed E-state index contributed by atoms with van der Waals surface area (Å²) in [6.07, 6.45) is 0. The molecule has 0 aliphatic carbocycles. The second-order valence-corrected chi connectivity index (χ2v) is 4.98. The fourth-order valence-electron chi connectivity index (χ4n) is 1.80. The van der Waals surface area contributed by atoms with Gasteiger partial charge in [0.25, 0.3) is 0 Å². The largest absolute Gasteiger partial charge is 0.300 e. The molecule has 1 heterocycles. The highest BCUT2D eigenvalue weighted by molar-refractivity contribution is 7.71. The number of hydrogen-bond donors (Lipinski definition) is 1. The maximum atomic E-state index is 5.30. The van der Waals surface area contributed by atoms with Gasteiger partial charge in [0, 0.05) is 0 Å². The molecule has 0 amide bonds. The molecule has 5 heteroatoms. The monoisotopic (exact) mass is 262 g/mol. The van der Waals surface area contributed by atoms with Gasteiger partial charge < -0.3 is 0 Å². The second kappa shape index (κ2) is 5.46. The number of hydrogen-bond acceptors (Lipinski definition) is 3. The smallest absolute Gasteiger partial charge is 0.195 e. The van der Waals surface area contributed by atoms with Crippen LogP contribution in [0, 0.1) is 4.77 Å². The van der Waals surface area contributed by atoms with Crippen molar-refractivity contribution in [1.82, 2.24) is 19.7 Å². The number of aromatic nitrogens is 3. The third-order valence-corrected chi connectivity index (χ3v) is 3.43. The first kappa shape index (κ1) is 13.0. The Morgan fingerprint density at radius 3 is 2.61 bits per heavy atom. The first-order chi connectivity index (χ1) is 8.59. The summed E-state index contributed by atoms with van der Waals surface area (Å²) in [6.45, 7) is 2.87. The molecule has 2 rings (SSSR count). The Labute approximate surface area is 112 Å². The first-order valence-electron chi connectivity index (χ1n) is 5.95. The van der Waals surface area contributed by atoms with Gasteiger partial charge in [-0.25, -0.2) is 0 Å². The van der Waals surface area contributed by atoms with E-state index in [1.54, 1.807) is 0 Å². The lowest BCUT2D eigenvalue weighted by Crippen LogP contribution is -2.21. The van der Waals surface area contributed by atoms with Crippen molar-refractivity contribution in [1.29, 1.82) is 0 Å². The average Bonchev–Trinajstić information content (AvgIpc) is 2.71. The molecule has 0 bridgehead atoms. The Morgan fingerprint density at radius 1 is 1.33 bits per heavy atom. The van der Waals surface area contributed by atoms with Crippen LogP contribution in [0.2, 0.25) is 0 Å². The molecule has 2 aromatic rings. The predicted molar refractivity (Wildman–Crippen MR) is 75.1 cm³/mol. The van der Waals surface area contributed by atoms with E-state index >= 15 is 0 Å². The van der Waals surface area contributed by atoms with E-state index in [0.29, 0.717) is 4.77 Å². The Morgan fingerprint density at radius 2 is 2.00 bits per heavy atom. The zero-order valence-corrected chi connectivity index (χ0v) is 11.7. The molecule has 18 heavy (non-hydrogen) atoms. The summed E-state index contributed by atoms with van der Waals surface area (Å²) < 4.78 is 2.72. The van der Waals surface area contributed by atoms with E-state index in [0.717, 1.165) is 12.4 Å². The number of H-pyrrole nitrogens is 1. The summed E-state index contributed by atoms with van der Waals surface area (Å²) in [7, 11) is 4.07. The van der Waals surface area contributed by atoms with Gasteiger partial charge in [0.2, 0.25) is 0 Å². The topological polar surface area (TPSA) is 36.9 Å². The summed E-state index contributed by atoms with van der Waals surface area (Å²) in [5.74, 6) is 0.967. The lowest BCUT2D eigenvalue weighted by atomic mass is 10.2. The SMILES string of the molecule is C[C@H](c1n[nH]c(=S)n1Cc1ccccc1)N(C)C. The van der Waals surface area contributed by atoms with Gasteiger partial charge in [-0.15, -0.1) is 0 Å². The van der Waals surface area contributed by atoms with Crippen LogP contribution in [0.15, 0.2) is 30.3 Å². The highest BCUT2D eigenvalue weighted by Gasteiger charge is 2.15. The third kappa shape index (κ3) is 2.68. The van der Waals surface area contributed by atoms with Crippen molar-refractivity contribution in [3.8, 4) is 0 Å². The van der Waals surface area contributed by atoms with Crippen molar-refractivity contribution in [3.63, 3.8) is 0 Å². The maximum absolute atomic E-state index is 5.30. The zero-order valence-electron chi connectivity index (χ0n) is 10.9. The highest BCUT2D eigenvalue weighted by atomic mass is 32.1. The van der Waals surface area contributed by atoms with Crippen molar-refractivity contribution in [3.05, 3.63) is 46.5 Å². The number of nitrogens with one attached hydrogen (secondary N) is 1. The molecular formula is C13H18N4S. The summed E-state index contributed by atoms with van der Waals surface area (Å²) in [6, 6.07) is 10.5. The Hall–Kier alpha value is -1.46. The van der Waals surface area contributed by atoms with Crippen molar-refractivity contribution >= 4 is 12.2 Å². The number of benzene rings is 1. The van der Waals surface area contributed by atoms with Gasteiger partial charge >= 0.3 is 0 Å². The second-order valence-electron chi connectivity index (χ2n) is 4.60. The number of nitrogens with zero attached hydrogens (tertiary/aromatic N) is 3. The van der Waals surface area contributed by atoms with E-state index < -0.39 is 0 Å². The lowest BCUT2D eigenvalue weighted by Gasteiger charge is -2.19. The van der Waals surface area contributed by atoms with Gasteiger partial charge in [-0.3, -0.25) is 14.6 Å². The molecule has 1 aromatic carbocycles. The van der Waals surface area contributed by atoms with Crippen LogP contribution in [-0.2, 0) is 6.54 Å². The van der Waals surface area contributed by atoms with Crippen LogP contribution in [0.5, 0.6) is 0 Å². The van der Waals surface area contributed by atoms with E-state index in [9.17, 15) is 0 Å². The molecule has 0 saturated carbocycles. The molecular weight excluding hydrogens is 244 g/mol. The van der Waals surface area contributed by atoms with Gasteiger partial charge in [0.05, 0.1) is 12.6 Å². The van der Waals surface area contributed by atoms with Crippen LogP contribution in [-0.4, -0.2) is 33.8 Å². The molecule has 1 aromatic heterocycles. The third-order valence-electron chi connectivity index (χ3n) is 3.12. The molecule has 4 nitrogen and oxygen atoms in total. The summed E-state index contributed by atoms with van der Waals surface area (Å²) in [5, 5.41) is 7.22. The Balaban J connectivity index is 2.33. The van der Waals surface area contributed by atoms with Crippen molar-refractivity contribution in [2.75, 3.05) is 14.1 Å². The molecule has 0 saturated heterocycles. The molecule has 0 fully saturated rings. The fourth-order valence-corrected chi connectivity index (χ4v) is 2.00. The van der Waals surface area contributed by atoms with Gasteiger partial charge in [-0.1, -0.05) is 30.3 Å². The summed E-state index contributed by atoms with van der Waals surface area (Å²) in [5.41, 5.74) is 1.22. The molecule has 0 aliphatic rings. The quantitative estimate of drug-likeness (QED) is 0.861. The summed E-state index contributed by atoms with van der Waals surface area (Å²) >= 11 is 5.30. The van der Waals surface area contributed by atoms with Crippen LogP contribution in [0.1, 0.15) is 24.4 Å². The minimum Gasteiger partial charge on any atom is -0.300 e. The van der Waals surface area contributed by atoms with Crippen LogP contribution in [0.4, 0.5) is 0 Å². The summed E-state index contributed by atoms with van der Waals surface area (Å²) in [4.78, 5) is 2.12. The molecule has 0 spiro atoms. The highest BCUT2D eigenvalue weighted by Crippen LogP contribution is 2.16. The minimum absolute atomic E-state index is 0.224. The Bertz CT molecular complexity index is 556. The lowest BCUT2D eigenvalue weighted by molar-refractivity contribution is 0.301. The molecule has 0 unspecified atom stereocenters.